The lowest BCUT2D eigenvalue weighted by atomic mass is 9.68. The summed E-state index contributed by atoms with van der Waals surface area (Å²) in [6.07, 6.45) is -4.05. The van der Waals surface area contributed by atoms with Gasteiger partial charge in [0.1, 0.15) is 12.1 Å². The van der Waals surface area contributed by atoms with E-state index in [0.717, 1.165) is 7.11 Å². The van der Waals surface area contributed by atoms with Crippen molar-refractivity contribution in [3.8, 4) is 17.2 Å². The SMILES string of the molecule is CCOP(=O)(OCC)Oc1cc2c3c(c1OC)OC1CC(=O)C=CC31CC(C(=O)OC)N(C(=O)C(F)(F)F)C2. The highest BCUT2D eigenvalue weighted by molar-refractivity contribution is 7.48. The molecule has 2 aliphatic heterocycles. The quantitative estimate of drug-likeness (QED) is 0.334. The smallest absolute Gasteiger partial charge is 0.490 e. The highest BCUT2D eigenvalue weighted by atomic mass is 31.2. The predicted octanol–water partition coefficient (Wildman–Crippen LogP) is 3.62. The summed E-state index contributed by atoms with van der Waals surface area (Å²) in [4.78, 5) is 38.1. The normalized spacial score (nSPS) is 23.9. The number of ether oxygens (including phenoxy) is 3. The van der Waals surface area contributed by atoms with Crippen molar-refractivity contribution in [2.24, 2.45) is 0 Å². The second-order valence-electron chi connectivity index (χ2n) is 8.97. The fourth-order valence-corrected chi connectivity index (χ4v) is 6.45. The van der Waals surface area contributed by atoms with Crippen molar-refractivity contribution in [3.63, 3.8) is 0 Å². The van der Waals surface area contributed by atoms with Gasteiger partial charge in [-0.2, -0.15) is 13.2 Å². The number of carbonyl (C=O) groups excluding carboxylic acids is 3. The number of phosphoric ester groups is 1. The first kappa shape index (κ1) is 28.9. The zero-order chi connectivity index (χ0) is 28.8. The Morgan fingerprint density at radius 3 is 2.44 bits per heavy atom. The molecule has 1 aromatic rings. The summed E-state index contributed by atoms with van der Waals surface area (Å²) in [6.45, 7) is 2.28. The second kappa shape index (κ2) is 10.5. The zero-order valence-corrected chi connectivity index (χ0v) is 22.4. The number of alkyl halides is 3. The summed E-state index contributed by atoms with van der Waals surface area (Å²) >= 11 is 0. The summed E-state index contributed by atoms with van der Waals surface area (Å²) in [5.74, 6) is -3.96. The fraction of sp³-hybridized carbons (Fsp3) is 0.542. The van der Waals surface area contributed by atoms with Gasteiger partial charge in [-0.25, -0.2) is 9.36 Å². The van der Waals surface area contributed by atoms with E-state index in [0.29, 0.717) is 10.5 Å². The number of hydrogen-bond acceptors (Lipinski definition) is 10. The van der Waals surface area contributed by atoms with Gasteiger partial charge in [0.25, 0.3) is 0 Å². The van der Waals surface area contributed by atoms with E-state index < -0.39 is 50.0 Å². The predicted molar refractivity (Wildman–Crippen MR) is 126 cm³/mol. The minimum absolute atomic E-state index is 0.0128. The minimum Gasteiger partial charge on any atom is -0.490 e. The molecule has 0 bridgehead atoms. The van der Waals surface area contributed by atoms with Gasteiger partial charge in [0, 0.05) is 18.5 Å². The molecule has 0 saturated heterocycles. The first-order chi connectivity index (χ1) is 18.3. The van der Waals surface area contributed by atoms with E-state index in [-0.39, 0.29) is 54.7 Å². The minimum atomic E-state index is -5.31. The molecule has 0 N–H and O–H groups in total. The number of nitrogens with zero attached hydrogens (tertiary/aromatic N) is 1. The Morgan fingerprint density at radius 1 is 1.21 bits per heavy atom. The van der Waals surface area contributed by atoms with Crippen molar-refractivity contribution in [1.29, 1.82) is 0 Å². The molecular weight excluding hydrogens is 550 g/mol. The Balaban J connectivity index is 1.98. The molecule has 11 nitrogen and oxygen atoms in total. The van der Waals surface area contributed by atoms with E-state index in [4.69, 9.17) is 27.8 Å². The van der Waals surface area contributed by atoms with Crippen LogP contribution in [0.4, 0.5) is 13.2 Å². The van der Waals surface area contributed by atoms with Gasteiger partial charge in [0.05, 0.1) is 32.8 Å². The monoisotopic (exact) mass is 577 g/mol. The molecule has 1 amide bonds. The number of carbonyl (C=O) groups is 3. The molecule has 0 fully saturated rings. The molecule has 0 saturated carbocycles. The zero-order valence-electron chi connectivity index (χ0n) is 21.5. The van der Waals surface area contributed by atoms with Crippen molar-refractivity contribution < 1.29 is 59.9 Å². The summed E-state index contributed by atoms with van der Waals surface area (Å²) in [7, 11) is -1.96. The molecule has 15 heteroatoms. The molecule has 0 aromatic heterocycles. The molecule has 39 heavy (non-hydrogen) atoms. The van der Waals surface area contributed by atoms with E-state index >= 15 is 0 Å². The Bertz CT molecular complexity index is 1260. The first-order valence-electron chi connectivity index (χ1n) is 12.0. The highest BCUT2D eigenvalue weighted by Gasteiger charge is 2.59. The standard InChI is InChI=1S/C24H27F3NO10P/c1-5-35-39(32,36-6-2)38-16-9-13-12-28(22(31)24(25,26)27)15(21(30)34-4)11-23-8-7-14(29)10-17(23)37-20(18(13)23)19(16)33-3/h7-9,15,17H,5-6,10-12H2,1-4H3. The average molecular weight is 577 g/mol. The van der Waals surface area contributed by atoms with E-state index in [1.54, 1.807) is 13.8 Å². The van der Waals surface area contributed by atoms with Crippen LogP contribution in [0, 0.1) is 0 Å². The maximum absolute atomic E-state index is 13.7. The maximum Gasteiger partial charge on any atom is 0.530 e. The number of allylic oxidation sites excluding steroid dienone is 1. The Labute approximate surface area is 221 Å². The lowest BCUT2D eigenvalue weighted by Crippen LogP contribution is -2.52. The van der Waals surface area contributed by atoms with Crippen LogP contribution in [0.5, 0.6) is 17.2 Å². The van der Waals surface area contributed by atoms with Crippen molar-refractivity contribution in [3.05, 3.63) is 29.3 Å². The average Bonchev–Trinajstić information content (AvgIpc) is 3.10. The molecule has 3 aliphatic rings. The van der Waals surface area contributed by atoms with Crippen LogP contribution in [0.2, 0.25) is 0 Å². The van der Waals surface area contributed by atoms with Gasteiger partial charge in [-0.1, -0.05) is 6.08 Å². The van der Waals surface area contributed by atoms with Crippen molar-refractivity contribution in [2.75, 3.05) is 27.4 Å². The Kier molecular flexibility index (Phi) is 7.76. The molecule has 1 aromatic carbocycles. The lowest BCUT2D eigenvalue weighted by molar-refractivity contribution is -0.191. The molecule has 3 atom stereocenters. The van der Waals surface area contributed by atoms with Crippen LogP contribution in [0.15, 0.2) is 18.2 Å². The maximum atomic E-state index is 13.7. The molecule has 1 aliphatic carbocycles. The Hall–Kier alpha value is -3.09. The molecule has 0 radical (unpaired) electrons. The molecule has 2 heterocycles. The number of ketones is 1. The summed E-state index contributed by atoms with van der Waals surface area (Å²) in [6, 6.07) is -0.434. The van der Waals surface area contributed by atoms with Crippen molar-refractivity contribution in [2.45, 2.75) is 57.0 Å². The van der Waals surface area contributed by atoms with Gasteiger partial charge in [-0.15, -0.1) is 0 Å². The van der Waals surface area contributed by atoms with Crippen LogP contribution in [0.3, 0.4) is 0 Å². The molecule has 1 spiro atoms. The van der Waals surface area contributed by atoms with E-state index in [1.807, 2.05) is 0 Å². The van der Waals surface area contributed by atoms with Crippen molar-refractivity contribution >= 4 is 25.5 Å². The van der Waals surface area contributed by atoms with Gasteiger partial charge in [0.2, 0.25) is 5.75 Å². The number of halogens is 3. The molecule has 4 rings (SSSR count). The van der Waals surface area contributed by atoms with Crippen molar-refractivity contribution in [1.82, 2.24) is 4.90 Å². The van der Waals surface area contributed by atoms with E-state index in [1.165, 1.54) is 25.3 Å². The van der Waals surface area contributed by atoms with Crippen LogP contribution in [0.25, 0.3) is 0 Å². The molecule has 214 valence electrons. The number of amides is 1. The third-order valence-corrected chi connectivity index (χ3v) is 8.32. The summed E-state index contributed by atoms with van der Waals surface area (Å²) < 4.78 is 86.7. The number of esters is 1. The largest absolute Gasteiger partial charge is 0.530 e. The third kappa shape index (κ3) is 5.01. The number of benzene rings is 1. The number of hydrogen-bond donors (Lipinski definition) is 0. The van der Waals surface area contributed by atoms with Gasteiger partial charge >= 0.3 is 25.9 Å². The van der Waals surface area contributed by atoms with Gasteiger partial charge in [-0.05, 0) is 38.0 Å². The summed E-state index contributed by atoms with van der Waals surface area (Å²) in [5, 5.41) is 0. The van der Waals surface area contributed by atoms with Crippen LogP contribution < -0.4 is 14.0 Å². The molecular formula is C24H27F3NO10P. The van der Waals surface area contributed by atoms with Gasteiger partial charge < -0.3 is 23.6 Å². The third-order valence-electron chi connectivity index (χ3n) is 6.75. The fourth-order valence-electron chi connectivity index (χ4n) is 5.27. The number of phosphoric acid groups is 1. The van der Waals surface area contributed by atoms with Crippen LogP contribution in [-0.4, -0.2) is 68.3 Å². The Morgan fingerprint density at radius 2 is 1.87 bits per heavy atom. The van der Waals surface area contributed by atoms with Crippen LogP contribution in [0.1, 0.15) is 37.8 Å². The van der Waals surface area contributed by atoms with Crippen LogP contribution in [-0.2, 0) is 44.7 Å². The lowest BCUT2D eigenvalue weighted by Gasteiger charge is -2.36. The van der Waals surface area contributed by atoms with E-state index in [9.17, 15) is 32.1 Å². The number of rotatable bonds is 8. The molecule has 3 unspecified atom stereocenters. The van der Waals surface area contributed by atoms with Crippen LogP contribution >= 0.6 is 7.82 Å². The first-order valence-corrected chi connectivity index (χ1v) is 13.5. The second-order valence-corrected chi connectivity index (χ2v) is 10.6. The van der Waals surface area contributed by atoms with Gasteiger partial charge in [0.15, 0.2) is 17.3 Å². The summed E-state index contributed by atoms with van der Waals surface area (Å²) in [5.41, 5.74) is -0.895. The number of methoxy groups -OCH3 is 2. The topological polar surface area (TPSA) is 127 Å². The highest BCUT2D eigenvalue weighted by Crippen LogP contribution is 2.61. The van der Waals surface area contributed by atoms with E-state index in [2.05, 4.69) is 0 Å². The van der Waals surface area contributed by atoms with Gasteiger partial charge in [-0.3, -0.25) is 18.6 Å².